The lowest BCUT2D eigenvalue weighted by Gasteiger charge is -2.18. The number of rotatable bonds is 4. The molecule has 0 aliphatic heterocycles. The van der Waals surface area contributed by atoms with Gasteiger partial charge in [-0.3, -0.25) is 0 Å². The maximum absolute atomic E-state index is 6.32. The zero-order chi connectivity index (χ0) is 21.0. The molecule has 1 aliphatic rings. The van der Waals surface area contributed by atoms with Crippen LogP contribution in [0.3, 0.4) is 0 Å². The number of hydrogen-bond acceptors (Lipinski definition) is 3. The van der Waals surface area contributed by atoms with Crippen molar-refractivity contribution in [2.45, 2.75) is 12.3 Å². The van der Waals surface area contributed by atoms with Crippen molar-refractivity contribution in [3.05, 3.63) is 120 Å². The quantitative estimate of drug-likeness (QED) is 0.356. The molecule has 1 unspecified atom stereocenters. The SMILES string of the molecule is Clc1nc(C2=CC=CC(c3ccccc3)C2)nc(-c2cccc(-c3ccccc3)c2)n1. The Labute approximate surface area is 186 Å². The lowest BCUT2D eigenvalue weighted by Crippen LogP contribution is -2.05. The summed E-state index contributed by atoms with van der Waals surface area (Å²) in [5.74, 6) is 1.51. The molecule has 1 heterocycles. The molecule has 1 atom stereocenters. The summed E-state index contributed by atoms with van der Waals surface area (Å²) in [5.41, 5.74) is 5.51. The number of allylic oxidation sites excluding steroid dienone is 4. The highest BCUT2D eigenvalue weighted by atomic mass is 35.5. The summed E-state index contributed by atoms with van der Waals surface area (Å²) in [6.07, 6.45) is 7.18. The molecule has 1 aliphatic carbocycles. The van der Waals surface area contributed by atoms with Gasteiger partial charge < -0.3 is 0 Å². The molecule has 31 heavy (non-hydrogen) atoms. The van der Waals surface area contributed by atoms with Gasteiger partial charge in [0.05, 0.1) is 0 Å². The predicted molar refractivity (Wildman–Crippen MR) is 127 cm³/mol. The standard InChI is InChI=1S/C27H20ClN3/c28-27-30-25(23-15-7-13-21(17-23)19-9-3-1-4-10-19)29-26(31-27)24-16-8-14-22(18-24)20-11-5-2-6-12-20/h1-17,22H,18H2. The van der Waals surface area contributed by atoms with E-state index in [0.717, 1.165) is 28.7 Å². The number of hydrogen-bond donors (Lipinski definition) is 0. The van der Waals surface area contributed by atoms with Crippen LogP contribution >= 0.6 is 11.6 Å². The molecule has 4 aromatic rings. The van der Waals surface area contributed by atoms with E-state index in [2.05, 4.69) is 76.7 Å². The zero-order valence-electron chi connectivity index (χ0n) is 16.8. The minimum Gasteiger partial charge on any atom is -0.208 e. The molecule has 3 aromatic carbocycles. The molecule has 0 spiro atoms. The van der Waals surface area contributed by atoms with E-state index in [1.807, 2.05) is 36.4 Å². The molecule has 4 heteroatoms. The first kappa shape index (κ1) is 19.4. The van der Waals surface area contributed by atoms with Gasteiger partial charge in [0, 0.05) is 11.5 Å². The van der Waals surface area contributed by atoms with Crippen LogP contribution in [0.5, 0.6) is 0 Å². The molecule has 0 N–H and O–H groups in total. The Morgan fingerprint density at radius 1 is 0.677 bits per heavy atom. The van der Waals surface area contributed by atoms with Crippen molar-refractivity contribution in [1.29, 1.82) is 0 Å². The van der Waals surface area contributed by atoms with Crippen LogP contribution in [0.25, 0.3) is 28.1 Å². The van der Waals surface area contributed by atoms with Crippen LogP contribution in [0.4, 0.5) is 0 Å². The van der Waals surface area contributed by atoms with Crippen molar-refractivity contribution in [2.75, 3.05) is 0 Å². The second-order valence-electron chi connectivity index (χ2n) is 7.50. The Morgan fingerprint density at radius 3 is 2.16 bits per heavy atom. The number of halogens is 1. The van der Waals surface area contributed by atoms with Gasteiger partial charge in [-0.15, -0.1) is 0 Å². The molecule has 1 aromatic heterocycles. The van der Waals surface area contributed by atoms with Gasteiger partial charge in [0.1, 0.15) is 0 Å². The first-order chi connectivity index (χ1) is 15.3. The van der Waals surface area contributed by atoms with Crippen molar-refractivity contribution in [2.24, 2.45) is 0 Å². The van der Waals surface area contributed by atoms with Crippen LogP contribution in [0.15, 0.2) is 103 Å². The van der Waals surface area contributed by atoms with Crippen molar-refractivity contribution >= 4 is 17.2 Å². The molecule has 0 saturated heterocycles. The van der Waals surface area contributed by atoms with Crippen LogP contribution in [-0.4, -0.2) is 15.0 Å². The van der Waals surface area contributed by atoms with Gasteiger partial charge in [0.15, 0.2) is 11.6 Å². The molecule has 150 valence electrons. The Bertz CT molecular complexity index is 1260. The van der Waals surface area contributed by atoms with Crippen LogP contribution in [0.1, 0.15) is 23.7 Å². The molecular weight excluding hydrogens is 402 g/mol. The molecule has 5 rings (SSSR count). The fourth-order valence-corrected chi connectivity index (χ4v) is 4.03. The second kappa shape index (κ2) is 8.66. The van der Waals surface area contributed by atoms with Crippen molar-refractivity contribution in [3.8, 4) is 22.5 Å². The molecular formula is C27H20ClN3. The average Bonchev–Trinajstić information content (AvgIpc) is 2.85. The Balaban J connectivity index is 1.48. The second-order valence-corrected chi connectivity index (χ2v) is 7.83. The molecule has 0 bridgehead atoms. The fraction of sp³-hybridized carbons (Fsp3) is 0.0741. The van der Waals surface area contributed by atoms with E-state index >= 15 is 0 Å². The summed E-state index contributed by atoms with van der Waals surface area (Å²) in [5, 5.41) is 0.205. The van der Waals surface area contributed by atoms with Gasteiger partial charge in [-0.25, -0.2) is 4.98 Å². The summed E-state index contributed by atoms with van der Waals surface area (Å²) < 4.78 is 0. The number of aromatic nitrogens is 3. The highest BCUT2D eigenvalue weighted by Gasteiger charge is 2.18. The molecule has 3 nitrogen and oxygen atoms in total. The van der Waals surface area contributed by atoms with Gasteiger partial charge in [0.25, 0.3) is 0 Å². The van der Waals surface area contributed by atoms with Crippen molar-refractivity contribution in [1.82, 2.24) is 15.0 Å². The monoisotopic (exact) mass is 421 g/mol. The van der Waals surface area contributed by atoms with E-state index in [9.17, 15) is 0 Å². The predicted octanol–water partition coefficient (Wildman–Crippen LogP) is 6.99. The molecule has 0 saturated carbocycles. The topological polar surface area (TPSA) is 38.7 Å². The Morgan fingerprint density at radius 2 is 1.35 bits per heavy atom. The molecule has 0 amide bonds. The van der Waals surface area contributed by atoms with Crippen molar-refractivity contribution in [3.63, 3.8) is 0 Å². The molecule has 0 radical (unpaired) electrons. The third-order valence-corrected chi connectivity index (χ3v) is 5.60. The lowest BCUT2D eigenvalue weighted by atomic mass is 9.88. The largest absolute Gasteiger partial charge is 0.226 e. The van der Waals surface area contributed by atoms with Crippen LogP contribution in [0, 0.1) is 0 Å². The highest BCUT2D eigenvalue weighted by Crippen LogP contribution is 2.33. The van der Waals surface area contributed by atoms with E-state index in [1.54, 1.807) is 0 Å². The number of benzene rings is 3. The third kappa shape index (κ3) is 4.32. The maximum Gasteiger partial charge on any atom is 0.226 e. The van der Waals surface area contributed by atoms with Crippen LogP contribution in [0.2, 0.25) is 5.28 Å². The average molecular weight is 422 g/mol. The van der Waals surface area contributed by atoms with Gasteiger partial charge >= 0.3 is 0 Å². The third-order valence-electron chi connectivity index (χ3n) is 5.43. The van der Waals surface area contributed by atoms with E-state index < -0.39 is 0 Å². The van der Waals surface area contributed by atoms with Gasteiger partial charge in [-0.1, -0.05) is 97.1 Å². The van der Waals surface area contributed by atoms with Gasteiger partial charge in [0.2, 0.25) is 5.28 Å². The van der Waals surface area contributed by atoms with Gasteiger partial charge in [-0.05, 0) is 46.4 Å². The summed E-state index contributed by atoms with van der Waals surface area (Å²) >= 11 is 6.32. The van der Waals surface area contributed by atoms with E-state index in [0.29, 0.717) is 17.6 Å². The highest BCUT2D eigenvalue weighted by molar-refractivity contribution is 6.28. The van der Waals surface area contributed by atoms with Crippen LogP contribution < -0.4 is 0 Å². The summed E-state index contributed by atoms with van der Waals surface area (Å²) in [6.45, 7) is 0. The maximum atomic E-state index is 6.32. The van der Waals surface area contributed by atoms with Gasteiger partial charge in [-0.2, -0.15) is 9.97 Å². The van der Waals surface area contributed by atoms with E-state index in [1.165, 1.54) is 5.56 Å². The number of nitrogens with zero attached hydrogens (tertiary/aromatic N) is 3. The molecule has 0 fully saturated rings. The van der Waals surface area contributed by atoms with E-state index in [-0.39, 0.29) is 5.28 Å². The lowest BCUT2D eigenvalue weighted by molar-refractivity contribution is 0.853. The smallest absolute Gasteiger partial charge is 0.208 e. The minimum absolute atomic E-state index is 0.205. The Kier molecular flexibility index (Phi) is 5.42. The summed E-state index contributed by atoms with van der Waals surface area (Å²) in [6, 6.07) is 28.9. The Hall–Kier alpha value is -3.56. The summed E-state index contributed by atoms with van der Waals surface area (Å²) in [7, 11) is 0. The first-order valence-electron chi connectivity index (χ1n) is 10.3. The van der Waals surface area contributed by atoms with Crippen LogP contribution in [-0.2, 0) is 0 Å². The fourth-order valence-electron chi connectivity index (χ4n) is 3.87. The zero-order valence-corrected chi connectivity index (χ0v) is 17.6. The summed E-state index contributed by atoms with van der Waals surface area (Å²) in [4.78, 5) is 13.6. The van der Waals surface area contributed by atoms with Crippen molar-refractivity contribution < 1.29 is 0 Å². The van der Waals surface area contributed by atoms with E-state index in [4.69, 9.17) is 16.6 Å². The minimum atomic E-state index is 0.205. The normalized spacial score (nSPS) is 15.5. The first-order valence-corrected chi connectivity index (χ1v) is 10.6.